The molecule has 0 saturated heterocycles. The second kappa shape index (κ2) is 5.71. The maximum atomic E-state index is 11.8. The van der Waals surface area contributed by atoms with Gasteiger partial charge in [-0.1, -0.05) is 0 Å². The van der Waals surface area contributed by atoms with Crippen LogP contribution in [0.5, 0.6) is 11.5 Å². The van der Waals surface area contributed by atoms with Crippen molar-refractivity contribution >= 4 is 31.6 Å². The molecule has 0 N–H and O–H groups in total. The molecule has 0 aliphatic carbocycles. The summed E-state index contributed by atoms with van der Waals surface area (Å²) in [6.07, 6.45) is 1.01. The fourth-order valence-electron chi connectivity index (χ4n) is 1.38. The zero-order valence-corrected chi connectivity index (χ0v) is 12.6. The average molecular weight is 337 g/mol. The highest BCUT2D eigenvalue weighted by Crippen LogP contribution is 2.33. The molecule has 100 valence electrons. The summed E-state index contributed by atoms with van der Waals surface area (Å²) in [6, 6.07) is 3.02. The molecule has 0 radical (unpaired) electrons. The van der Waals surface area contributed by atoms with E-state index >= 15 is 0 Å². The maximum absolute atomic E-state index is 11.8. The minimum absolute atomic E-state index is 0.248. The van der Waals surface area contributed by atoms with Gasteiger partial charge in [0, 0.05) is 16.3 Å². The number of Topliss-reactive ketones (excluding diaryl/α,β-unsaturated/α-hetero) is 1. The van der Waals surface area contributed by atoms with Gasteiger partial charge in [0.15, 0.2) is 27.1 Å². The summed E-state index contributed by atoms with van der Waals surface area (Å²) in [5.74, 6) is -0.204. The lowest BCUT2D eigenvalue weighted by Gasteiger charge is -2.11. The molecular weight excluding hydrogens is 324 g/mol. The van der Waals surface area contributed by atoms with Gasteiger partial charge in [0.05, 0.1) is 14.2 Å². The van der Waals surface area contributed by atoms with Gasteiger partial charge in [-0.25, -0.2) is 8.42 Å². The molecule has 0 aliphatic heterocycles. The highest BCUT2D eigenvalue weighted by molar-refractivity contribution is 9.10. The van der Waals surface area contributed by atoms with Crippen LogP contribution in [0, 0.1) is 0 Å². The van der Waals surface area contributed by atoms with Gasteiger partial charge < -0.3 is 9.47 Å². The number of carbonyl (C=O) groups excluding carboxylic acids is 1. The van der Waals surface area contributed by atoms with E-state index in [1.54, 1.807) is 6.07 Å². The number of sulfone groups is 1. The second-order valence-corrected chi connectivity index (χ2v) is 6.67. The van der Waals surface area contributed by atoms with Crippen molar-refractivity contribution in [1.29, 1.82) is 0 Å². The first-order chi connectivity index (χ1) is 8.28. The van der Waals surface area contributed by atoms with Gasteiger partial charge >= 0.3 is 0 Å². The van der Waals surface area contributed by atoms with Crippen molar-refractivity contribution in [3.63, 3.8) is 0 Å². The Hall–Kier alpha value is -1.08. The van der Waals surface area contributed by atoms with Crippen molar-refractivity contribution in [3.8, 4) is 11.5 Å². The van der Waals surface area contributed by atoms with E-state index in [2.05, 4.69) is 15.9 Å². The number of hydrogen-bond donors (Lipinski definition) is 0. The van der Waals surface area contributed by atoms with Crippen LogP contribution < -0.4 is 9.47 Å². The molecular formula is C11H13BrO5S. The molecule has 1 aromatic rings. The maximum Gasteiger partial charge on any atom is 0.179 e. The van der Waals surface area contributed by atoms with Crippen LogP contribution in [-0.2, 0) is 9.84 Å². The van der Waals surface area contributed by atoms with E-state index in [-0.39, 0.29) is 5.56 Å². The van der Waals surface area contributed by atoms with E-state index < -0.39 is 21.4 Å². The lowest BCUT2D eigenvalue weighted by Crippen LogP contribution is -2.15. The Balaban J connectivity index is 3.21. The Kier molecular flexibility index (Phi) is 4.75. The molecule has 0 aliphatic rings. The van der Waals surface area contributed by atoms with Gasteiger partial charge in [0.25, 0.3) is 0 Å². The quantitative estimate of drug-likeness (QED) is 0.765. The molecule has 0 heterocycles. The van der Waals surface area contributed by atoms with Crippen molar-refractivity contribution < 1.29 is 22.7 Å². The van der Waals surface area contributed by atoms with Crippen LogP contribution in [-0.4, -0.2) is 40.4 Å². The summed E-state index contributed by atoms with van der Waals surface area (Å²) < 4.78 is 32.8. The normalized spacial score (nSPS) is 11.1. The zero-order valence-electron chi connectivity index (χ0n) is 10.2. The number of ether oxygens (including phenoxy) is 2. The fraction of sp³-hybridized carbons (Fsp3) is 0.364. The van der Waals surface area contributed by atoms with Crippen LogP contribution in [0.25, 0.3) is 0 Å². The summed E-state index contributed by atoms with van der Waals surface area (Å²) >= 11 is 3.21. The SMILES string of the molecule is COc1cc(Br)c(C(=O)CS(C)(=O)=O)cc1OC. The van der Waals surface area contributed by atoms with Gasteiger partial charge in [-0.3, -0.25) is 4.79 Å². The molecule has 0 amide bonds. The number of methoxy groups -OCH3 is 2. The molecule has 7 heteroatoms. The molecule has 0 aromatic heterocycles. The van der Waals surface area contributed by atoms with E-state index in [1.807, 2.05) is 0 Å². The minimum Gasteiger partial charge on any atom is -0.493 e. The largest absolute Gasteiger partial charge is 0.493 e. The van der Waals surface area contributed by atoms with Crippen LogP contribution in [0.3, 0.4) is 0 Å². The third-order valence-corrected chi connectivity index (χ3v) is 3.61. The molecule has 0 fully saturated rings. The van der Waals surface area contributed by atoms with Gasteiger partial charge in [-0.05, 0) is 28.1 Å². The van der Waals surface area contributed by atoms with Crippen LogP contribution >= 0.6 is 15.9 Å². The zero-order chi connectivity index (χ0) is 13.9. The predicted octanol–water partition coefficient (Wildman–Crippen LogP) is 1.69. The number of ketones is 1. The van der Waals surface area contributed by atoms with Crippen molar-refractivity contribution in [3.05, 3.63) is 22.2 Å². The summed E-state index contributed by atoms with van der Waals surface area (Å²) in [5.41, 5.74) is 0.248. The molecule has 0 unspecified atom stereocenters. The number of carbonyl (C=O) groups is 1. The van der Waals surface area contributed by atoms with Crippen LogP contribution in [0.2, 0.25) is 0 Å². The third kappa shape index (κ3) is 3.71. The topological polar surface area (TPSA) is 69.7 Å². The van der Waals surface area contributed by atoms with E-state index in [0.717, 1.165) is 6.26 Å². The fourth-order valence-corrected chi connectivity index (χ4v) is 2.56. The smallest absolute Gasteiger partial charge is 0.179 e. The Morgan fingerprint density at radius 2 is 1.72 bits per heavy atom. The molecule has 0 saturated carbocycles. The summed E-state index contributed by atoms with van der Waals surface area (Å²) in [7, 11) is -0.450. The Bertz CT molecular complexity index is 565. The highest BCUT2D eigenvalue weighted by Gasteiger charge is 2.19. The molecule has 0 bridgehead atoms. The molecule has 1 aromatic carbocycles. The summed E-state index contributed by atoms with van der Waals surface area (Å²) in [5, 5.41) is 0. The highest BCUT2D eigenvalue weighted by atomic mass is 79.9. The number of hydrogen-bond acceptors (Lipinski definition) is 5. The van der Waals surface area contributed by atoms with Gasteiger partial charge in [0.2, 0.25) is 0 Å². The molecule has 5 nitrogen and oxygen atoms in total. The van der Waals surface area contributed by atoms with Gasteiger partial charge in [-0.2, -0.15) is 0 Å². The van der Waals surface area contributed by atoms with E-state index in [9.17, 15) is 13.2 Å². The van der Waals surface area contributed by atoms with Crippen molar-refractivity contribution in [1.82, 2.24) is 0 Å². The first-order valence-electron chi connectivity index (χ1n) is 4.91. The van der Waals surface area contributed by atoms with Crippen molar-refractivity contribution in [2.24, 2.45) is 0 Å². The molecule has 1 rings (SSSR count). The number of benzene rings is 1. The average Bonchev–Trinajstić information content (AvgIpc) is 2.26. The molecule has 18 heavy (non-hydrogen) atoms. The molecule has 0 spiro atoms. The Morgan fingerprint density at radius 1 is 1.22 bits per heavy atom. The number of halogens is 1. The van der Waals surface area contributed by atoms with Crippen LogP contribution in [0.4, 0.5) is 0 Å². The first kappa shape index (κ1) is 15.0. The number of rotatable bonds is 5. The van der Waals surface area contributed by atoms with Gasteiger partial charge in [0.1, 0.15) is 5.75 Å². The lowest BCUT2D eigenvalue weighted by atomic mass is 10.1. The lowest BCUT2D eigenvalue weighted by molar-refractivity contribution is 0.102. The van der Waals surface area contributed by atoms with Crippen LogP contribution in [0.1, 0.15) is 10.4 Å². The second-order valence-electron chi connectivity index (χ2n) is 3.68. The summed E-state index contributed by atoms with van der Waals surface area (Å²) in [6.45, 7) is 0. The Morgan fingerprint density at radius 3 is 2.17 bits per heavy atom. The van der Waals surface area contributed by atoms with Gasteiger partial charge in [-0.15, -0.1) is 0 Å². The Labute approximate surface area is 114 Å². The summed E-state index contributed by atoms with van der Waals surface area (Å²) in [4.78, 5) is 11.8. The third-order valence-electron chi connectivity index (χ3n) is 2.17. The van der Waals surface area contributed by atoms with Crippen molar-refractivity contribution in [2.75, 3.05) is 26.2 Å². The van der Waals surface area contributed by atoms with E-state index in [4.69, 9.17) is 9.47 Å². The monoisotopic (exact) mass is 336 g/mol. The standard InChI is InChI=1S/C11H13BrO5S/c1-16-10-4-7(8(12)5-11(10)17-2)9(13)6-18(3,14)15/h4-5H,6H2,1-3H3. The predicted molar refractivity (Wildman–Crippen MR) is 71.3 cm³/mol. The molecule has 0 atom stereocenters. The first-order valence-corrected chi connectivity index (χ1v) is 7.76. The van der Waals surface area contributed by atoms with Crippen LogP contribution in [0.15, 0.2) is 16.6 Å². The van der Waals surface area contributed by atoms with E-state index in [1.165, 1.54) is 20.3 Å². The van der Waals surface area contributed by atoms with Crippen molar-refractivity contribution in [2.45, 2.75) is 0 Å². The van der Waals surface area contributed by atoms with E-state index in [0.29, 0.717) is 16.0 Å². The minimum atomic E-state index is -3.37.